The Labute approximate surface area is 154 Å². The second kappa shape index (κ2) is 7.13. The van der Waals surface area contributed by atoms with E-state index in [4.69, 9.17) is 4.52 Å². The molecule has 0 saturated heterocycles. The number of aromatic amines is 1. The van der Waals surface area contributed by atoms with Gasteiger partial charge in [0.15, 0.2) is 0 Å². The fraction of sp³-hybridized carbons (Fsp3) is 0. The first-order chi connectivity index (χ1) is 13.3. The van der Waals surface area contributed by atoms with E-state index in [1.807, 2.05) is 60.7 Å². The molecule has 6 heteroatoms. The van der Waals surface area contributed by atoms with E-state index >= 15 is 0 Å². The van der Waals surface area contributed by atoms with E-state index in [0.29, 0.717) is 22.7 Å². The third-order valence-electron chi connectivity index (χ3n) is 4.23. The van der Waals surface area contributed by atoms with Crippen LogP contribution in [-0.4, -0.2) is 11.0 Å². The van der Waals surface area contributed by atoms with Crippen LogP contribution in [0, 0.1) is 5.21 Å². The van der Waals surface area contributed by atoms with Gasteiger partial charge in [0.2, 0.25) is 5.69 Å². The Morgan fingerprint density at radius 1 is 0.852 bits per heavy atom. The normalized spacial score (nSPS) is 11.5. The number of hydrogen-bond donors (Lipinski definition) is 1. The van der Waals surface area contributed by atoms with Crippen molar-refractivity contribution in [3.8, 4) is 16.9 Å². The van der Waals surface area contributed by atoms with Crippen LogP contribution >= 0.6 is 0 Å². The molecule has 4 aromatic rings. The molecular weight excluding hydrogens is 342 g/mol. The van der Waals surface area contributed by atoms with Gasteiger partial charge in [-0.2, -0.15) is 0 Å². The van der Waals surface area contributed by atoms with E-state index in [-0.39, 0.29) is 0 Å². The van der Waals surface area contributed by atoms with E-state index in [2.05, 4.69) is 10.4 Å². The molecule has 0 radical (unpaired) electrons. The largest absolute Gasteiger partial charge is 0.791 e. The van der Waals surface area contributed by atoms with Gasteiger partial charge in [-0.25, -0.2) is 4.79 Å². The van der Waals surface area contributed by atoms with Gasteiger partial charge in [-0.3, -0.25) is 4.52 Å². The molecule has 0 spiro atoms. The maximum absolute atomic E-state index is 12.1. The van der Waals surface area contributed by atoms with Gasteiger partial charge >= 0.3 is 11.3 Å². The Morgan fingerprint density at radius 2 is 1.44 bits per heavy atom. The van der Waals surface area contributed by atoms with Crippen molar-refractivity contribution >= 4 is 5.71 Å². The van der Waals surface area contributed by atoms with Crippen LogP contribution in [0.5, 0.6) is 0 Å². The molecule has 3 aromatic carbocycles. The summed E-state index contributed by atoms with van der Waals surface area (Å²) in [6.45, 7) is 0. The van der Waals surface area contributed by atoms with Crippen molar-refractivity contribution < 1.29 is 9.20 Å². The number of rotatable bonds is 4. The zero-order valence-corrected chi connectivity index (χ0v) is 14.2. The van der Waals surface area contributed by atoms with Gasteiger partial charge in [0, 0.05) is 17.7 Å². The van der Waals surface area contributed by atoms with Crippen LogP contribution in [0.1, 0.15) is 11.1 Å². The summed E-state index contributed by atoms with van der Waals surface area (Å²) in [6.07, 6.45) is 0. The van der Waals surface area contributed by atoms with Crippen LogP contribution < -0.4 is 10.3 Å². The van der Waals surface area contributed by atoms with E-state index in [1.54, 1.807) is 28.9 Å². The first kappa shape index (κ1) is 16.5. The fourth-order valence-corrected chi connectivity index (χ4v) is 2.93. The standard InChI is InChI=1S/C21H15N3O3/c25-21-20(17-9-5-2-6-10-17)24(23-27-21)18-13-11-16(12-14-18)19(22-26)15-7-3-1-4-8-15/h1-14H,(H-,23,25,26). The van der Waals surface area contributed by atoms with Crippen molar-refractivity contribution in [3.63, 3.8) is 0 Å². The van der Waals surface area contributed by atoms with Crippen LogP contribution in [0.4, 0.5) is 0 Å². The lowest BCUT2D eigenvalue weighted by atomic mass is 10.0. The van der Waals surface area contributed by atoms with E-state index < -0.39 is 5.63 Å². The highest BCUT2D eigenvalue weighted by Gasteiger charge is 2.25. The van der Waals surface area contributed by atoms with Crippen molar-refractivity contribution in [2.45, 2.75) is 0 Å². The molecule has 0 amide bonds. The SMILES string of the molecule is O=c1o[nH][n+](-c2ccc(/C(=N\[O-])c3ccccc3)cc2)c1-c1ccccc1. The maximum atomic E-state index is 12.1. The molecule has 0 aliphatic heterocycles. The molecule has 0 aliphatic carbocycles. The molecule has 0 unspecified atom stereocenters. The molecule has 132 valence electrons. The Kier molecular flexibility index (Phi) is 4.37. The molecule has 1 aromatic heterocycles. The predicted molar refractivity (Wildman–Crippen MR) is 102 cm³/mol. The molecule has 0 saturated carbocycles. The summed E-state index contributed by atoms with van der Waals surface area (Å²) < 4.78 is 6.55. The van der Waals surface area contributed by atoms with Crippen LogP contribution in [-0.2, 0) is 0 Å². The minimum Gasteiger partial charge on any atom is -0.791 e. The maximum Gasteiger partial charge on any atom is 0.435 e. The van der Waals surface area contributed by atoms with Gasteiger partial charge in [-0.05, 0) is 39.8 Å². The summed E-state index contributed by atoms with van der Waals surface area (Å²) in [5.41, 5.74) is 3.16. The molecule has 4 rings (SSSR count). The molecule has 0 atom stereocenters. The van der Waals surface area contributed by atoms with Crippen molar-refractivity contribution in [3.05, 3.63) is 112 Å². The first-order valence-electron chi connectivity index (χ1n) is 8.33. The fourth-order valence-electron chi connectivity index (χ4n) is 2.93. The zero-order chi connectivity index (χ0) is 18.6. The van der Waals surface area contributed by atoms with Gasteiger partial charge in [-0.1, -0.05) is 48.5 Å². The van der Waals surface area contributed by atoms with Crippen molar-refractivity contribution in [2.75, 3.05) is 0 Å². The Bertz CT molecular complexity index is 1130. The number of benzene rings is 3. The molecule has 27 heavy (non-hydrogen) atoms. The van der Waals surface area contributed by atoms with E-state index in [9.17, 15) is 10.0 Å². The highest BCUT2D eigenvalue weighted by molar-refractivity contribution is 6.13. The van der Waals surface area contributed by atoms with Gasteiger partial charge < -0.3 is 10.4 Å². The minimum absolute atomic E-state index is 0.358. The smallest absolute Gasteiger partial charge is 0.435 e. The lowest BCUT2D eigenvalue weighted by molar-refractivity contribution is -0.660. The lowest BCUT2D eigenvalue weighted by Gasteiger charge is -2.09. The van der Waals surface area contributed by atoms with E-state index in [0.717, 1.165) is 11.1 Å². The molecule has 6 nitrogen and oxygen atoms in total. The van der Waals surface area contributed by atoms with Crippen LogP contribution in [0.2, 0.25) is 0 Å². The molecule has 0 aliphatic rings. The van der Waals surface area contributed by atoms with Crippen LogP contribution in [0.3, 0.4) is 0 Å². The molecule has 0 bridgehead atoms. The van der Waals surface area contributed by atoms with Gasteiger partial charge in [0.05, 0.1) is 11.3 Å². The van der Waals surface area contributed by atoms with E-state index in [1.165, 1.54) is 0 Å². The lowest BCUT2D eigenvalue weighted by Crippen LogP contribution is -2.36. The summed E-state index contributed by atoms with van der Waals surface area (Å²) >= 11 is 0. The first-order valence-corrected chi connectivity index (χ1v) is 8.33. The summed E-state index contributed by atoms with van der Waals surface area (Å²) in [5.74, 6) is 0. The predicted octanol–water partition coefficient (Wildman–Crippen LogP) is 3.25. The average molecular weight is 357 g/mol. The highest BCUT2D eigenvalue weighted by atomic mass is 16.5. The number of nitrogens with zero attached hydrogens (tertiary/aromatic N) is 2. The second-order valence-electron chi connectivity index (χ2n) is 5.88. The second-order valence-corrected chi connectivity index (χ2v) is 5.88. The minimum atomic E-state index is -0.462. The van der Waals surface area contributed by atoms with Crippen molar-refractivity contribution in [1.29, 1.82) is 0 Å². The topological polar surface area (TPSA) is 85.3 Å². The number of aromatic nitrogens is 2. The monoisotopic (exact) mass is 357 g/mol. The Hall–Kier alpha value is -3.93. The number of hydrogen-bond acceptors (Lipinski definition) is 4. The van der Waals surface area contributed by atoms with Crippen molar-refractivity contribution in [1.82, 2.24) is 5.27 Å². The molecular formula is C21H15N3O3. The van der Waals surface area contributed by atoms with Crippen LogP contribution in [0.25, 0.3) is 16.9 Å². The number of nitrogens with one attached hydrogen (secondary N) is 1. The third kappa shape index (κ3) is 3.16. The third-order valence-corrected chi connectivity index (χ3v) is 4.23. The average Bonchev–Trinajstić information content (AvgIpc) is 3.12. The Balaban J connectivity index is 1.73. The molecule has 1 heterocycles. The number of H-pyrrole nitrogens is 1. The Morgan fingerprint density at radius 3 is 2.07 bits per heavy atom. The molecule has 1 N–H and O–H groups in total. The summed E-state index contributed by atoms with van der Waals surface area (Å²) in [7, 11) is 0. The van der Waals surface area contributed by atoms with Gasteiger partial charge in [0.1, 0.15) is 0 Å². The zero-order valence-electron chi connectivity index (χ0n) is 14.2. The molecule has 0 fully saturated rings. The van der Waals surface area contributed by atoms with Gasteiger partial charge in [0.25, 0.3) is 0 Å². The van der Waals surface area contributed by atoms with Gasteiger partial charge in [-0.15, -0.1) is 0 Å². The summed E-state index contributed by atoms with van der Waals surface area (Å²) in [6, 6.07) is 25.7. The van der Waals surface area contributed by atoms with Crippen molar-refractivity contribution in [2.24, 2.45) is 5.16 Å². The van der Waals surface area contributed by atoms with Crippen LogP contribution in [0.15, 0.2) is 99.4 Å². The summed E-state index contributed by atoms with van der Waals surface area (Å²) in [4.78, 5) is 12.1. The quantitative estimate of drug-likeness (QED) is 0.346. The summed E-state index contributed by atoms with van der Waals surface area (Å²) in [5, 5.41) is 17.2. The highest BCUT2D eigenvalue weighted by Crippen LogP contribution is 2.15.